The van der Waals surface area contributed by atoms with E-state index < -0.39 is 0 Å². The summed E-state index contributed by atoms with van der Waals surface area (Å²) in [6, 6.07) is 7.67. The zero-order chi connectivity index (χ0) is 11.1. The molecule has 4 heteroatoms. The molecule has 0 aliphatic heterocycles. The smallest absolute Gasteiger partial charge is 0.149 e. The molecule has 1 aliphatic carbocycles. The number of nitrogens with zero attached hydrogens (tertiary/aromatic N) is 2. The van der Waals surface area contributed by atoms with Crippen LogP contribution in [0.3, 0.4) is 0 Å². The lowest BCUT2D eigenvalue weighted by atomic mass is 10.2. The van der Waals surface area contributed by atoms with Crippen LogP contribution in [0, 0.1) is 0 Å². The normalized spacial score (nSPS) is 14.1. The van der Waals surface area contributed by atoms with Gasteiger partial charge in [-0.1, -0.05) is 11.6 Å². The molecule has 0 unspecified atom stereocenters. The van der Waals surface area contributed by atoms with Crippen molar-refractivity contribution in [1.82, 2.24) is 9.78 Å². The Kier molecular flexibility index (Phi) is 2.14. The van der Waals surface area contributed by atoms with Gasteiger partial charge in [-0.25, -0.2) is 4.68 Å². The molecule has 1 aromatic carbocycles. The van der Waals surface area contributed by atoms with E-state index in [2.05, 4.69) is 5.10 Å². The molecule has 0 spiro atoms. The first-order valence-corrected chi connectivity index (χ1v) is 5.75. The molecule has 16 heavy (non-hydrogen) atoms. The lowest BCUT2D eigenvalue weighted by Gasteiger charge is -2.04. The molecular weight excluding hydrogens is 222 g/mol. The van der Waals surface area contributed by atoms with Gasteiger partial charge in [-0.05, 0) is 43.5 Å². The molecule has 1 aliphatic rings. The Morgan fingerprint density at radius 3 is 2.69 bits per heavy atom. The number of hydrogen-bond donors (Lipinski definition) is 1. The maximum atomic E-state index is 5.90. The van der Waals surface area contributed by atoms with E-state index in [0.717, 1.165) is 23.6 Å². The van der Waals surface area contributed by atoms with Gasteiger partial charge in [-0.15, -0.1) is 0 Å². The third-order valence-corrected chi connectivity index (χ3v) is 3.28. The third kappa shape index (κ3) is 1.39. The molecule has 1 aromatic heterocycles. The summed E-state index contributed by atoms with van der Waals surface area (Å²) in [5.74, 6) is 0.669. The molecule has 3 rings (SSSR count). The first-order chi connectivity index (χ1) is 7.75. The Labute approximate surface area is 98.8 Å². The summed E-state index contributed by atoms with van der Waals surface area (Å²) in [6.45, 7) is 0. The zero-order valence-electron chi connectivity index (χ0n) is 8.78. The van der Waals surface area contributed by atoms with E-state index in [-0.39, 0.29) is 0 Å². The minimum absolute atomic E-state index is 0.669. The Bertz CT molecular complexity index is 528. The summed E-state index contributed by atoms with van der Waals surface area (Å²) in [6.07, 6.45) is 3.28. The molecule has 0 saturated carbocycles. The average Bonchev–Trinajstić information content (AvgIpc) is 2.84. The molecule has 0 radical (unpaired) electrons. The number of hydrogen-bond acceptors (Lipinski definition) is 2. The van der Waals surface area contributed by atoms with Crippen LogP contribution in [0.25, 0.3) is 5.69 Å². The number of halogens is 1. The van der Waals surface area contributed by atoms with Crippen LogP contribution >= 0.6 is 11.6 Å². The van der Waals surface area contributed by atoms with Crippen LogP contribution in [0.5, 0.6) is 0 Å². The Balaban J connectivity index is 2.13. The summed E-state index contributed by atoms with van der Waals surface area (Å²) < 4.78 is 1.94. The summed E-state index contributed by atoms with van der Waals surface area (Å²) in [5, 5.41) is 5.12. The quantitative estimate of drug-likeness (QED) is 0.823. The van der Waals surface area contributed by atoms with Crippen LogP contribution in [0.4, 0.5) is 5.82 Å². The second kappa shape index (κ2) is 3.52. The SMILES string of the molecule is Nc1nn(-c2ccc(Cl)cc2)c2c1CCC2. The van der Waals surface area contributed by atoms with Crippen LogP contribution < -0.4 is 5.73 Å². The highest BCUT2D eigenvalue weighted by atomic mass is 35.5. The van der Waals surface area contributed by atoms with Crippen molar-refractivity contribution in [2.24, 2.45) is 0 Å². The summed E-state index contributed by atoms with van der Waals surface area (Å²) in [7, 11) is 0. The standard InChI is InChI=1S/C12H12ClN3/c13-8-4-6-9(7-5-8)16-11-3-1-2-10(11)12(14)15-16/h4-7H,1-3H2,(H2,14,15). The number of nitrogen functional groups attached to an aromatic ring is 1. The monoisotopic (exact) mass is 233 g/mol. The van der Waals surface area contributed by atoms with E-state index in [0.29, 0.717) is 5.82 Å². The fourth-order valence-corrected chi connectivity index (χ4v) is 2.39. The van der Waals surface area contributed by atoms with Gasteiger partial charge in [-0.2, -0.15) is 5.10 Å². The molecule has 0 bridgehead atoms. The molecule has 0 fully saturated rings. The second-order valence-corrected chi connectivity index (χ2v) is 4.49. The molecule has 2 aromatic rings. The van der Waals surface area contributed by atoms with Crippen LogP contribution in [0.15, 0.2) is 24.3 Å². The maximum Gasteiger partial charge on any atom is 0.149 e. The van der Waals surface area contributed by atoms with Gasteiger partial charge in [-0.3, -0.25) is 0 Å². The average molecular weight is 234 g/mol. The topological polar surface area (TPSA) is 43.8 Å². The molecule has 82 valence electrons. The van der Waals surface area contributed by atoms with Gasteiger partial charge < -0.3 is 5.73 Å². The predicted molar refractivity (Wildman–Crippen MR) is 65.0 cm³/mol. The van der Waals surface area contributed by atoms with Crippen LogP contribution in [-0.4, -0.2) is 9.78 Å². The maximum absolute atomic E-state index is 5.90. The van der Waals surface area contributed by atoms with Crippen molar-refractivity contribution in [2.45, 2.75) is 19.3 Å². The summed E-state index contributed by atoms with van der Waals surface area (Å²) in [5.41, 5.74) is 9.40. The first kappa shape index (κ1) is 9.73. The van der Waals surface area contributed by atoms with E-state index in [1.54, 1.807) is 0 Å². The van der Waals surface area contributed by atoms with Crippen molar-refractivity contribution in [2.75, 3.05) is 5.73 Å². The second-order valence-electron chi connectivity index (χ2n) is 4.05. The fourth-order valence-electron chi connectivity index (χ4n) is 2.26. The Hall–Kier alpha value is -1.48. The molecule has 2 N–H and O–H groups in total. The van der Waals surface area contributed by atoms with Gasteiger partial charge in [0.05, 0.1) is 5.69 Å². The molecular formula is C12H12ClN3. The number of fused-ring (bicyclic) bond motifs is 1. The van der Waals surface area contributed by atoms with Gasteiger partial charge in [0.25, 0.3) is 0 Å². The van der Waals surface area contributed by atoms with Crippen molar-refractivity contribution in [3.8, 4) is 5.69 Å². The van der Waals surface area contributed by atoms with Crippen molar-refractivity contribution in [3.63, 3.8) is 0 Å². The van der Waals surface area contributed by atoms with Gasteiger partial charge in [0.2, 0.25) is 0 Å². The van der Waals surface area contributed by atoms with Crippen LogP contribution in [0.2, 0.25) is 5.02 Å². The number of rotatable bonds is 1. The Morgan fingerprint density at radius 1 is 1.19 bits per heavy atom. The van der Waals surface area contributed by atoms with E-state index >= 15 is 0 Å². The van der Waals surface area contributed by atoms with Gasteiger partial charge in [0, 0.05) is 16.3 Å². The zero-order valence-corrected chi connectivity index (χ0v) is 9.54. The van der Waals surface area contributed by atoms with Crippen molar-refractivity contribution in [3.05, 3.63) is 40.5 Å². The molecule has 0 atom stereocenters. The third-order valence-electron chi connectivity index (χ3n) is 3.03. The molecule has 0 amide bonds. The minimum Gasteiger partial charge on any atom is -0.382 e. The van der Waals surface area contributed by atoms with Crippen LogP contribution in [0.1, 0.15) is 17.7 Å². The molecule has 1 heterocycles. The highest BCUT2D eigenvalue weighted by Gasteiger charge is 2.21. The van der Waals surface area contributed by atoms with Gasteiger partial charge in [0.15, 0.2) is 0 Å². The molecule has 3 nitrogen and oxygen atoms in total. The fraction of sp³-hybridized carbons (Fsp3) is 0.250. The predicted octanol–water partition coefficient (Wildman–Crippen LogP) is 2.60. The van der Waals surface area contributed by atoms with Gasteiger partial charge >= 0.3 is 0 Å². The largest absolute Gasteiger partial charge is 0.382 e. The highest BCUT2D eigenvalue weighted by molar-refractivity contribution is 6.30. The first-order valence-electron chi connectivity index (χ1n) is 5.38. The lowest BCUT2D eigenvalue weighted by molar-refractivity contribution is 0.788. The van der Waals surface area contributed by atoms with Crippen molar-refractivity contribution in [1.29, 1.82) is 0 Å². The number of nitrogens with two attached hydrogens (primary N) is 1. The lowest BCUT2D eigenvalue weighted by Crippen LogP contribution is -2.01. The van der Waals surface area contributed by atoms with E-state index in [9.17, 15) is 0 Å². The minimum atomic E-state index is 0.669. The van der Waals surface area contributed by atoms with E-state index in [1.165, 1.54) is 17.7 Å². The molecule has 0 saturated heterocycles. The summed E-state index contributed by atoms with van der Waals surface area (Å²) >= 11 is 5.87. The number of aromatic nitrogens is 2. The van der Waals surface area contributed by atoms with E-state index in [1.807, 2.05) is 28.9 Å². The van der Waals surface area contributed by atoms with Gasteiger partial charge in [0.1, 0.15) is 5.82 Å². The van der Waals surface area contributed by atoms with E-state index in [4.69, 9.17) is 17.3 Å². The number of benzene rings is 1. The van der Waals surface area contributed by atoms with Crippen molar-refractivity contribution < 1.29 is 0 Å². The van der Waals surface area contributed by atoms with Crippen LogP contribution in [-0.2, 0) is 12.8 Å². The summed E-state index contributed by atoms with van der Waals surface area (Å²) in [4.78, 5) is 0. The number of anilines is 1. The van der Waals surface area contributed by atoms with Crippen molar-refractivity contribution >= 4 is 17.4 Å². The highest BCUT2D eigenvalue weighted by Crippen LogP contribution is 2.29. The Morgan fingerprint density at radius 2 is 1.94 bits per heavy atom.